The summed E-state index contributed by atoms with van der Waals surface area (Å²) < 4.78 is 6.00. The molecule has 2 rings (SSSR count). The molecule has 2 aromatic carbocycles. The third kappa shape index (κ3) is 4.08. The molecule has 20 heavy (non-hydrogen) atoms. The van der Waals surface area contributed by atoms with Gasteiger partial charge in [0.05, 0.1) is 16.5 Å². The molecule has 0 radical (unpaired) electrons. The zero-order valence-electron chi connectivity index (χ0n) is 11.1. The Labute approximate surface area is 141 Å². The van der Waals surface area contributed by atoms with Crippen molar-refractivity contribution in [3.63, 3.8) is 0 Å². The molecule has 1 atom stereocenters. The van der Waals surface area contributed by atoms with Gasteiger partial charge in [0, 0.05) is 11.6 Å². The van der Waals surface area contributed by atoms with Crippen LogP contribution < -0.4 is 0 Å². The fourth-order valence-corrected chi connectivity index (χ4v) is 2.96. The van der Waals surface area contributed by atoms with E-state index in [1.54, 1.807) is 7.11 Å². The number of methoxy groups -OCH3 is 1. The van der Waals surface area contributed by atoms with E-state index in [1.807, 2.05) is 12.1 Å². The Kier molecular flexibility index (Phi) is 6.09. The number of hydrogen-bond acceptors (Lipinski definition) is 1. The quantitative estimate of drug-likeness (QED) is 0.560. The first-order chi connectivity index (χ1) is 9.61. The summed E-state index contributed by atoms with van der Waals surface area (Å²) >= 11 is 13.3. The maximum atomic E-state index is 6.15. The summed E-state index contributed by atoms with van der Waals surface area (Å²) in [6, 6.07) is 14.6. The largest absolute Gasteiger partial charge is 0.384 e. The van der Waals surface area contributed by atoms with E-state index in [-0.39, 0.29) is 4.83 Å². The number of halogens is 3. The summed E-state index contributed by atoms with van der Waals surface area (Å²) in [5.41, 5.74) is 3.64. The third-order valence-electron chi connectivity index (χ3n) is 3.10. The molecule has 0 aromatic heterocycles. The van der Waals surface area contributed by atoms with E-state index >= 15 is 0 Å². The minimum atomic E-state index is 0.143. The summed E-state index contributed by atoms with van der Waals surface area (Å²) in [6.07, 6.45) is 0.938. The maximum Gasteiger partial charge on any atom is 0.0645 e. The lowest BCUT2D eigenvalue weighted by atomic mass is 10.0. The summed E-state index contributed by atoms with van der Waals surface area (Å²) in [5.74, 6) is 0. The van der Waals surface area contributed by atoms with Gasteiger partial charge in [-0.05, 0) is 51.2 Å². The van der Waals surface area contributed by atoms with Crippen LogP contribution in [0.15, 0.2) is 46.9 Å². The highest BCUT2D eigenvalue weighted by atomic mass is 79.9. The van der Waals surface area contributed by atoms with Gasteiger partial charge in [-0.3, -0.25) is 0 Å². The normalized spacial score (nSPS) is 12.4. The van der Waals surface area contributed by atoms with Crippen LogP contribution in [0, 0.1) is 0 Å². The second-order valence-corrected chi connectivity index (χ2v) is 6.70. The molecule has 0 saturated carbocycles. The first-order valence-electron chi connectivity index (χ1n) is 6.28. The van der Waals surface area contributed by atoms with Crippen molar-refractivity contribution in [2.75, 3.05) is 13.7 Å². The lowest BCUT2D eigenvalue weighted by Gasteiger charge is -2.12. The van der Waals surface area contributed by atoms with Crippen molar-refractivity contribution in [3.8, 4) is 0 Å². The highest BCUT2D eigenvalue weighted by Crippen LogP contribution is 2.34. The van der Waals surface area contributed by atoms with Gasteiger partial charge in [0.25, 0.3) is 0 Å². The van der Waals surface area contributed by atoms with Crippen LogP contribution in [0.5, 0.6) is 0 Å². The minimum Gasteiger partial charge on any atom is -0.384 e. The Bertz CT molecular complexity index is 569. The maximum absolute atomic E-state index is 6.15. The van der Waals surface area contributed by atoms with Crippen molar-refractivity contribution in [1.29, 1.82) is 0 Å². The molecule has 0 bridgehead atoms. The molecule has 1 unspecified atom stereocenters. The van der Waals surface area contributed by atoms with Gasteiger partial charge < -0.3 is 4.74 Å². The molecule has 0 aliphatic heterocycles. The molecular weight excluding hydrogens is 403 g/mol. The van der Waals surface area contributed by atoms with Crippen LogP contribution >= 0.6 is 43.5 Å². The zero-order chi connectivity index (χ0) is 14.5. The number of alkyl halides is 1. The Hall–Kier alpha value is -0.350. The van der Waals surface area contributed by atoms with Crippen molar-refractivity contribution in [2.45, 2.75) is 11.2 Å². The van der Waals surface area contributed by atoms with E-state index in [2.05, 4.69) is 62.2 Å². The Morgan fingerprint density at radius 1 is 1.10 bits per heavy atom. The van der Waals surface area contributed by atoms with E-state index in [1.165, 1.54) is 11.1 Å². The molecule has 0 fully saturated rings. The van der Waals surface area contributed by atoms with Crippen molar-refractivity contribution >= 4 is 43.5 Å². The smallest absolute Gasteiger partial charge is 0.0645 e. The Morgan fingerprint density at radius 2 is 1.75 bits per heavy atom. The van der Waals surface area contributed by atoms with E-state index in [0.29, 0.717) is 0 Å². The number of benzene rings is 2. The van der Waals surface area contributed by atoms with E-state index in [9.17, 15) is 0 Å². The Balaban J connectivity index is 2.15. The summed E-state index contributed by atoms with van der Waals surface area (Å²) in [5, 5.41) is 0.726. The van der Waals surface area contributed by atoms with Crippen molar-refractivity contribution in [1.82, 2.24) is 0 Å². The second-order valence-electron chi connectivity index (χ2n) is 4.52. The molecule has 0 heterocycles. The van der Waals surface area contributed by atoms with Crippen LogP contribution in [0.1, 0.15) is 21.5 Å². The average Bonchev–Trinajstić information content (AvgIpc) is 2.48. The SMILES string of the molecule is COCCc1ccc(C(Br)c2ccc(Br)c(Cl)c2)cc1. The molecule has 2 aromatic rings. The lowest BCUT2D eigenvalue weighted by Crippen LogP contribution is -1.96. The van der Waals surface area contributed by atoms with Crippen LogP contribution in [-0.4, -0.2) is 13.7 Å². The number of hydrogen-bond donors (Lipinski definition) is 0. The fraction of sp³-hybridized carbons (Fsp3) is 0.250. The van der Waals surface area contributed by atoms with Gasteiger partial charge >= 0.3 is 0 Å². The van der Waals surface area contributed by atoms with Gasteiger partial charge in [0.15, 0.2) is 0 Å². The first kappa shape index (κ1) is 16.0. The van der Waals surface area contributed by atoms with Crippen molar-refractivity contribution < 1.29 is 4.74 Å². The highest BCUT2D eigenvalue weighted by molar-refractivity contribution is 9.10. The zero-order valence-corrected chi connectivity index (χ0v) is 15.0. The molecule has 0 amide bonds. The highest BCUT2D eigenvalue weighted by Gasteiger charge is 2.11. The molecule has 4 heteroatoms. The molecule has 0 aliphatic carbocycles. The van der Waals surface area contributed by atoms with E-state index in [0.717, 1.165) is 28.1 Å². The summed E-state index contributed by atoms with van der Waals surface area (Å²) in [6.45, 7) is 0.749. The van der Waals surface area contributed by atoms with Crippen LogP contribution in [-0.2, 0) is 11.2 Å². The van der Waals surface area contributed by atoms with Crippen molar-refractivity contribution in [3.05, 3.63) is 68.7 Å². The standard InChI is InChI=1S/C16H15Br2ClO/c1-20-9-8-11-2-4-12(5-3-11)16(18)13-6-7-14(17)15(19)10-13/h2-7,10,16H,8-9H2,1H3. The molecular formula is C16H15Br2ClO. The molecule has 0 aliphatic rings. The van der Waals surface area contributed by atoms with Gasteiger partial charge in [0.2, 0.25) is 0 Å². The second kappa shape index (κ2) is 7.60. The van der Waals surface area contributed by atoms with E-state index < -0.39 is 0 Å². The molecule has 0 spiro atoms. The van der Waals surface area contributed by atoms with E-state index in [4.69, 9.17) is 16.3 Å². The summed E-state index contributed by atoms with van der Waals surface area (Å²) in [7, 11) is 1.72. The number of ether oxygens (including phenoxy) is 1. The van der Waals surface area contributed by atoms with Crippen molar-refractivity contribution in [2.24, 2.45) is 0 Å². The average molecular weight is 419 g/mol. The third-order valence-corrected chi connectivity index (χ3v) is 5.39. The topological polar surface area (TPSA) is 9.23 Å². The molecule has 0 saturated heterocycles. The molecule has 106 valence electrons. The number of rotatable bonds is 5. The Morgan fingerprint density at radius 3 is 2.35 bits per heavy atom. The van der Waals surface area contributed by atoms with Crippen LogP contribution in [0.4, 0.5) is 0 Å². The van der Waals surface area contributed by atoms with Crippen LogP contribution in [0.3, 0.4) is 0 Å². The predicted octanol–water partition coefficient (Wildman–Crippen LogP) is 5.78. The lowest BCUT2D eigenvalue weighted by molar-refractivity contribution is 0.202. The van der Waals surface area contributed by atoms with Gasteiger partial charge in [-0.25, -0.2) is 0 Å². The van der Waals surface area contributed by atoms with Crippen LogP contribution in [0.2, 0.25) is 5.02 Å². The van der Waals surface area contributed by atoms with Gasteiger partial charge in [-0.1, -0.05) is 57.9 Å². The molecule has 0 N–H and O–H groups in total. The molecule has 1 nitrogen and oxygen atoms in total. The van der Waals surface area contributed by atoms with Crippen LogP contribution in [0.25, 0.3) is 0 Å². The van der Waals surface area contributed by atoms with Gasteiger partial charge in [-0.15, -0.1) is 0 Å². The monoisotopic (exact) mass is 416 g/mol. The fourth-order valence-electron chi connectivity index (χ4n) is 1.94. The predicted molar refractivity (Wildman–Crippen MR) is 91.9 cm³/mol. The summed E-state index contributed by atoms with van der Waals surface area (Å²) in [4.78, 5) is 0.143. The van der Waals surface area contributed by atoms with Gasteiger partial charge in [-0.2, -0.15) is 0 Å². The first-order valence-corrected chi connectivity index (χ1v) is 8.37. The minimum absolute atomic E-state index is 0.143. The van der Waals surface area contributed by atoms with Gasteiger partial charge in [0.1, 0.15) is 0 Å².